The number of carbonyl (C=O) groups excluding carboxylic acids is 1. The fourth-order valence-corrected chi connectivity index (χ4v) is 3.16. The maximum Gasteiger partial charge on any atom is 0.335 e. The standard InChI is InChI=1S/C19H18ClNO4/c20-14-7-5-12(6-8-14)18-16(9-10-25-18)21-17(22)11-13-3-1-2-4-15(13)19(23)24/h1-8,16,18H,9-11H2,(H,21,22)(H,23,24). The van der Waals surface area contributed by atoms with Crippen molar-refractivity contribution in [3.8, 4) is 0 Å². The highest BCUT2D eigenvalue weighted by molar-refractivity contribution is 6.30. The summed E-state index contributed by atoms with van der Waals surface area (Å²) in [6, 6.07) is 13.7. The maximum atomic E-state index is 12.4. The third-order valence-corrected chi connectivity index (χ3v) is 4.49. The summed E-state index contributed by atoms with van der Waals surface area (Å²) >= 11 is 5.91. The van der Waals surface area contributed by atoms with Gasteiger partial charge in [0.2, 0.25) is 5.91 Å². The minimum atomic E-state index is -1.04. The SMILES string of the molecule is O=C(Cc1ccccc1C(=O)O)NC1CCOC1c1ccc(Cl)cc1. The lowest BCUT2D eigenvalue weighted by Crippen LogP contribution is -2.37. The van der Waals surface area contributed by atoms with Gasteiger partial charge in [0.1, 0.15) is 6.10 Å². The number of carboxylic acid groups (broad SMARTS) is 1. The topological polar surface area (TPSA) is 75.6 Å². The number of benzene rings is 2. The van der Waals surface area contributed by atoms with Crippen LogP contribution in [0.15, 0.2) is 48.5 Å². The first-order chi connectivity index (χ1) is 12.0. The van der Waals surface area contributed by atoms with Gasteiger partial charge < -0.3 is 15.2 Å². The number of halogens is 1. The number of hydrogen-bond acceptors (Lipinski definition) is 3. The molecule has 1 fully saturated rings. The Balaban J connectivity index is 1.68. The Morgan fingerprint density at radius 1 is 1.16 bits per heavy atom. The molecular formula is C19H18ClNO4. The van der Waals surface area contributed by atoms with Crippen LogP contribution in [0.5, 0.6) is 0 Å². The van der Waals surface area contributed by atoms with Gasteiger partial charge in [-0.15, -0.1) is 0 Å². The van der Waals surface area contributed by atoms with Gasteiger partial charge in [-0.1, -0.05) is 41.9 Å². The van der Waals surface area contributed by atoms with E-state index in [9.17, 15) is 14.7 Å². The van der Waals surface area contributed by atoms with E-state index in [0.717, 1.165) is 5.56 Å². The van der Waals surface area contributed by atoms with Crippen LogP contribution in [0.4, 0.5) is 0 Å². The predicted molar refractivity (Wildman–Crippen MR) is 93.8 cm³/mol. The van der Waals surface area contributed by atoms with Crippen LogP contribution in [0.25, 0.3) is 0 Å². The molecule has 2 atom stereocenters. The summed E-state index contributed by atoms with van der Waals surface area (Å²) < 4.78 is 5.75. The Hall–Kier alpha value is -2.37. The largest absolute Gasteiger partial charge is 0.478 e. The minimum absolute atomic E-state index is 0.0201. The van der Waals surface area contributed by atoms with Crippen LogP contribution in [0.2, 0.25) is 5.02 Å². The molecule has 2 unspecified atom stereocenters. The zero-order valence-electron chi connectivity index (χ0n) is 13.4. The van der Waals surface area contributed by atoms with E-state index in [0.29, 0.717) is 23.6 Å². The van der Waals surface area contributed by atoms with Crippen molar-refractivity contribution in [2.45, 2.75) is 25.0 Å². The molecular weight excluding hydrogens is 342 g/mol. The summed E-state index contributed by atoms with van der Waals surface area (Å²) in [5.74, 6) is -1.25. The second kappa shape index (κ2) is 7.68. The van der Waals surface area contributed by atoms with Crippen molar-refractivity contribution >= 4 is 23.5 Å². The van der Waals surface area contributed by atoms with E-state index in [2.05, 4.69) is 5.32 Å². The third kappa shape index (κ3) is 4.18. The van der Waals surface area contributed by atoms with Crippen LogP contribution in [0.1, 0.15) is 34.0 Å². The predicted octanol–water partition coefficient (Wildman–Crippen LogP) is 3.23. The molecule has 25 heavy (non-hydrogen) atoms. The van der Waals surface area contributed by atoms with E-state index in [1.807, 2.05) is 12.1 Å². The zero-order chi connectivity index (χ0) is 17.8. The molecule has 0 bridgehead atoms. The van der Waals surface area contributed by atoms with E-state index in [-0.39, 0.29) is 30.0 Å². The monoisotopic (exact) mass is 359 g/mol. The van der Waals surface area contributed by atoms with E-state index in [1.54, 1.807) is 30.3 Å². The average molecular weight is 360 g/mol. The Labute approximate surface area is 150 Å². The highest BCUT2D eigenvalue weighted by Crippen LogP contribution is 2.30. The number of nitrogens with one attached hydrogen (secondary N) is 1. The molecule has 2 N–H and O–H groups in total. The summed E-state index contributed by atoms with van der Waals surface area (Å²) in [4.78, 5) is 23.6. The Bertz CT molecular complexity index is 775. The second-order valence-corrected chi connectivity index (χ2v) is 6.38. The smallest absolute Gasteiger partial charge is 0.335 e. The van der Waals surface area contributed by atoms with Crippen LogP contribution < -0.4 is 5.32 Å². The van der Waals surface area contributed by atoms with Gasteiger partial charge >= 0.3 is 5.97 Å². The minimum Gasteiger partial charge on any atom is -0.478 e. The van der Waals surface area contributed by atoms with Crippen LogP contribution in [0.3, 0.4) is 0 Å². The first kappa shape index (κ1) is 17.5. The van der Waals surface area contributed by atoms with Gasteiger partial charge in [-0.3, -0.25) is 4.79 Å². The number of aromatic carboxylic acids is 1. The normalized spacial score (nSPS) is 19.6. The van der Waals surface area contributed by atoms with E-state index in [4.69, 9.17) is 16.3 Å². The molecule has 5 nitrogen and oxygen atoms in total. The lowest BCUT2D eigenvalue weighted by atomic mass is 10.0. The van der Waals surface area contributed by atoms with E-state index < -0.39 is 5.97 Å². The first-order valence-corrected chi connectivity index (χ1v) is 8.40. The first-order valence-electron chi connectivity index (χ1n) is 8.02. The average Bonchev–Trinajstić information content (AvgIpc) is 3.03. The Morgan fingerprint density at radius 3 is 2.60 bits per heavy atom. The molecule has 1 aliphatic rings. The molecule has 2 aromatic rings. The lowest BCUT2D eigenvalue weighted by Gasteiger charge is -2.20. The molecule has 2 aromatic carbocycles. The molecule has 0 aliphatic carbocycles. The van der Waals surface area contributed by atoms with Crippen LogP contribution in [-0.2, 0) is 16.0 Å². The van der Waals surface area contributed by atoms with Crippen LogP contribution >= 0.6 is 11.6 Å². The number of ether oxygens (including phenoxy) is 1. The van der Waals surface area contributed by atoms with Crippen molar-refractivity contribution in [3.05, 3.63) is 70.2 Å². The molecule has 130 valence electrons. The van der Waals surface area contributed by atoms with E-state index in [1.165, 1.54) is 6.07 Å². The van der Waals surface area contributed by atoms with Crippen LogP contribution in [-0.4, -0.2) is 29.6 Å². The lowest BCUT2D eigenvalue weighted by molar-refractivity contribution is -0.121. The molecule has 0 spiro atoms. The summed E-state index contributed by atoms with van der Waals surface area (Å²) in [5, 5.41) is 12.8. The van der Waals surface area contributed by atoms with E-state index >= 15 is 0 Å². The number of hydrogen-bond donors (Lipinski definition) is 2. The van der Waals surface area contributed by atoms with Gasteiger partial charge in [-0.05, 0) is 35.7 Å². The molecule has 1 amide bonds. The summed E-state index contributed by atoms with van der Waals surface area (Å²) in [6.07, 6.45) is 0.502. The van der Waals surface area contributed by atoms with Crippen molar-refractivity contribution in [2.75, 3.05) is 6.61 Å². The van der Waals surface area contributed by atoms with Gasteiger partial charge in [-0.2, -0.15) is 0 Å². The number of carboxylic acids is 1. The zero-order valence-corrected chi connectivity index (χ0v) is 14.2. The summed E-state index contributed by atoms with van der Waals surface area (Å²) in [5.41, 5.74) is 1.60. The second-order valence-electron chi connectivity index (χ2n) is 5.94. The van der Waals surface area contributed by atoms with Crippen molar-refractivity contribution in [2.24, 2.45) is 0 Å². The third-order valence-electron chi connectivity index (χ3n) is 4.24. The quantitative estimate of drug-likeness (QED) is 0.859. The molecule has 0 radical (unpaired) electrons. The van der Waals surface area contributed by atoms with Gasteiger partial charge in [0.25, 0.3) is 0 Å². The molecule has 3 rings (SSSR count). The van der Waals surface area contributed by atoms with Gasteiger partial charge in [0.05, 0.1) is 18.0 Å². The fraction of sp³-hybridized carbons (Fsp3) is 0.263. The molecule has 1 saturated heterocycles. The molecule has 1 aliphatic heterocycles. The highest BCUT2D eigenvalue weighted by Gasteiger charge is 2.31. The summed E-state index contributed by atoms with van der Waals surface area (Å²) in [7, 11) is 0. The van der Waals surface area contributed by atoms with Crippen molar-refractivity contribution in [1.82, 2.24) is 5.32 Å². The summed E-state index contributed by atoms with van der Waals surface area (Å²) in [6.45, 7) is 0.559. The Kier molecular flexibility index (Phi) is 5.36. The van der Waals surface area contributed by atoms with Gasteiger partial charge in [-0.25, -0.2) is 4.79 Å². The number of amides is 1. The molecule has 0 saturated carbocycles. The van der Waals surface area contributed by atoms with Gasteiger partial charge in [0, 0.05) is 11.6 Å². The van der Waals surface area contributed by atoms with Crippen molar-refractivity contribution < 1.29 is 19.4 Å². The maximum absolute atomic E-state index is 12.4. The van der Waals surface area contributed by atoms with Gasteiger partial charge in [0.15, 0.2) is 0 Å². The molecule has 0 aromatic heterocycles. The van der Waals surface area contributed by atoms with Crippen molar-refractivity contribution in [3.63, 3.8) is 0 Å². The number of rotatable bonds is 5. The fourth-order valence-electron chi connectivity index (χ4n) is 3.03. The number of carbonyl (C=O) groups is 2. The molecule has 6 heteroatoms. The Morgan fingerprint density at radius 2 is 1.88 bits per heavy atom. The van der Waals surface area contributed by atoms with Crippen LogP contribution in [0, 0.1) is 0 Å². The highest BCUT2D eigenvalue weighted by atomic mass is 35.5. The van der Waals surface area contributed by atoms with Crippen molar-refractivity contribution in [1.29, 1.82) is 0 Å². The molecule has 1 heterocycles.